The van der Waals surface area contributed by atoms with Crippen molar-refractivity contribution in [3.8, 4) is 0 Å². The summed E-state index contributed by atoms with van der Waals surface area (Å²) in [5.41, 5.74) is 1.67. The second kappa shape index (κ2) is 9.61. The first-order valence-corrected chi connectivity index (χ1v) is 10.5. The first kappa shape index (κ1) is 22.2. The van der Waals surface area contributed by atoms with Gasteiger partial charge in [-0.1, -0.05) is 0 Å². The quantitative estimate of drug-likeness (QED) is 0.101. The van der Waals surface area contributed by atoms with E-state index < -0.39 is 10.4 Å². The van der Waals surface area contributed by atoms with E-state index in [9.17, 15) is 0 Å². The second-order valence-corrected chi connectivity index (χ2v) is 6.99. The molecule has 0 saturated carbocycles. The molecule has 0 atom stereocenters. The lowest BCUT2D eigenvalue weighted by molar-refractivity contribution is -0.644. The number of fused-ring (bicyclic) bond motifs is 4. The van der Waals surface area contributed by atoms with Crippen molar-refractivity contribution < 1.29 is 37.4 Å². The van der Waals surface area contributed by atoms with E-state index in [-0.39, 0.29) is 0 Å². The van der Waals surface area contributed by atoms with E-state index in [0.29, 0.717) is 45.9 Å². The van der Waals surface area contributed by atoms with Crippen LogP contribution in [0, 0.1) is 0 Å². The summed E-state index contributed by atoms with van der Waals surface area (Å²) < 4.78 is 43.1. The van der Waals surface area contributed by atoms with Gasteiger partial charge < -0.3 is 41.0 Å². The average molecular weight is 484 g/mol. The number of quaternary nitrogens is 2. The predicted molar refractivity (Wildman–Crippen MR) is 103 cm³/mol. The standard InChI is InChI=1S/2C6H7N7O.H2O4S/c2*1-7-2-9-4-3(8-1)10-5-6(11-4)13-14-12-5;1-5(2,3)4/h2*7H,1-2H2,(H,8,10,12)(H,9,11,13);(H2,1,2,3,4). The molecule has 0 amide bonds. The molecule has 6 heterocycles. The van der Waals surface area contributed by atoms with Gasteiger partial charge in [0, 0.05) is 10.4 Å². The Labute approximate surface area is 182 Å². The van der Waals surface area contributed by atoms with Gasteiger partial charge in [0.1, 0.15) is 0 Å². The van der Waals surface area contributed by atoms with E-state index in [0.717, 1.165) is 26.7 Å². The minimum absolute atomic E-state index is 0.417. The Hall–Kier alpha value is -4.05. The lowest BCUT2D eigenvalue weighted by Gasteiger charge is -2.06. The van der Waals surface area contributed by atoms with Gasteiger partial charge in [-0.2, -0.15) is 0 Å². The largest absolute Gasteiger partial charge is 0.759 e. The highest BCUT2D eigenvalue weighted by Gasteiger charge is 2.15. The molecule has 0 aromatic carbocycles. The summed E-state index contributed by atoms with van der Waals surface area (Å²) in [5, 5.41) is 31.0. The third kappa shape index (κ3) is 6.01. The molecule has 2 aliphatic heterocycles. The molecule has 20 nitrogen and oxygen atoms in total. The molecule has 4 aromatic rings. The van der Waals surface area contributed by atoms with Crippen molar-refractivity contribution in [3.05, 3.63) is 0 Å². The highest BCUT2D eigenvalue weighted by atomic mass is 32.3. The van der Waals surface area contributed by atoms with Crippen LogP contribution in [0.15, 0.2) is 9.26 Å². The van der Waals surface area contributed by atoms with E-state index in [2.05, 4.69) is 81.7 Å². The Bertz CT molecular complexity index is 1170. The topological polar surface area (TPSA) is 291 Å². The molecular formula is C12H16N14O6S. The summed E-state index contributed by atoms with van der Waals surface area (Å²) in [6, 6.07) is 0. The van der Waals surface area contributed by atoms with Crippen LogP contribution in [0.3, 0.4) is 0 Å². The number of hydrogen-bond donors (Lipinski definition) is 6. The van der Waals surface area contributed by atoms with E-state index in [4.69, 9.17) is 17.5 Å². The van der Waals surface area contributed by atoms with E-state index in [1.807, 2.05) is 0 Å². The van der Waals surface area contributed by atoms with Crippen molar-refractivity contribution in [1.29, 1.82) is 0 Å². The zero-order chi connectivity index (χ0) is 23.3. The number of nitrogens with two attached hydrogens (primary N) is 2. The SMILES string of the molecule is C1Nc2nc3nonc3nc2NC[NH2+]1.C1Nc2nc3nonc3nc2NC[NH2+]1.O=S(=O)([O-])[O-]. The van der Waals surface area contributed by atoms with Gasteiger partial charge >= 0.3 is 0 Å². The van der Waals surface area contributed by atoms with Gasteiger partial charge in [0.15, 0.2) is 49.9 Å². The van der Waals surface area contributed by atoms with Gasteiger partial charge in [0.2, 0.25) is 22.6 Å². The van der Waals surface area contributed by atoms with Crippen LogP contribution in [0.5, 0.6) is 0 Å². The first-order valence-electron chi connectivity index (χ1n) is 9.13. The van der Waals surface area contributed by atoms with Gasteiger partial charge in [-0.05, 0) is 20.6 Å². The van der Waals surface area contributed by atoms with Crippen molar-refractivity contribution in [2.45, 2.75) is 0 Å². The molecule has 0 spiro atoms. The Morgan fingerprint density at radius 1 is 0.606 bits per heavy atom. The smallest absolute Gasteiger partial charge is 0.245 e. The van der Waals surface area contributed by atoms with Crippen molar-refractivity contribution in [3.63, 3.8) is 0 Å². The third-order valence-electron chi connectivity index (χ3n) is 3.88. The molecule has 8 N–H and O–H groups in total. The van der Waals surface area contributed by atoms with Crippen LogP contribution < -0.4 is 31.9 Å². The minimum Gasteiger partial charge on any atom is -0.759 e. The lowest BCUT2D eigenvalue weighted by Crippen LogP contribution is -2.87. The molecule has 0 radical (unpaired) electrons. The molecule has 21 heteroatoms. The summed E-state index contributed by atoms with van der Waals surface area (Å²) in [5.74, 6) is 2.73. The monoisotopic (exact) mass is 484 g/mol. The average Bonchev–Trinajstić information content (AvgIpc) is 3.26. The molecule has 0 unspecified atom stereocenters. The van der Waals surface area contributed by atoms with Crippen molar-refractivity contribution in [2.24, 2.45) is 0 Å². The fraction of sp³-hybridized carbons (Fsp3) is 0.333. The molecule has 0 saturated heterocycles. The number of hydrogen-bond acceptors (Lipinski definition) is 18. The molecular weight excluding hydrogens is 468 g/mol. The van der Waals surface area contributed by atoms with Crippen LogP contribution in [0.1, 0.15) is 0 Å². The van der Waals surface area contributed by atoms with Crippen LogP contribution >= 0.6 is 0 Å². The number of nitrogens with zero attached hydrogens (tertiary/aromatic N) is 8. The molecule has 176 valence electrons. The van der Waals surface area contributed by atoms with Gasteiger partial charge in [-0.15, -0.1) is 0 Å². The van der Waals surface area contributed by atoms with E-state index in [1.54, 1.807) is 0 Å². The highest BCUT2D eigenvalue weighted by Crippen LogP contribution is 2.19. The maximum absolute atomic E-state index is 8.52. The minimum atomic E-state index is -5.17. The Kier molecular flexibility index (Phi) is 6.45. The van der Waals surface area contributed by atoms with Crippen LogP contribution in [0.2, 0.25) is 0 Å². The maximum Gasteiger partial charge on any atom is 0.245 e. The zero-order valence-corrected chi connectivity index (χ0v) is 17.2. The van der Waals surface area contributed by atoms with Gasteiger partial charge in [-0.3, -0.25) is 8.42 Å². The predicted octanol–water partition coefficient (Wildman–Crippen LogP) is -4.68. The summed E-state index contributed by atoms with van der Waals surface area (Å²) in [7, 11) is -5.17. The number of rotatable bonds is 0. The molecule has 0 aliphatic carbocycles. The number of aromatic nitrogens is 8. The summed E-state index contributed by atoms with van der Waals surface area (Å²) >= 11 is 0. The summed E-state index contributed by atoms with van der Waals surface area (Å²) in [4.78, 5) is 16.8. The summed E-state index contributed by atoms with van der Waals surface area (Å²) in [6.07, 6.45) is 0. The molecule has 2 aliphatic rings. The lowest BCUT2D eigenvalue weighted by atomic mass is 10.5. The van der Waals surface area contributed by atoms with E-state index >= 15 is 0 Å². The summed E-state index contributed by atoms with van der Waals surface area (Å²) in [6.45, 7) is 3.02. The van der Waals surface area contributed by atoms with Gasteiger partial charge in [-0.25, -0.2) is 29.2 Å². The van der Waals surface area contributed by atoms with Crippen LogP contribution in [0.4, 0.5) is 23.3 Å². The van der Waals surface area contributed by atoms with Crippen molar-refractivity contribution >= 4 is 56.3 Å². The highest BCUT2D eigenvalue weighted by molar-refractivity contribution is 7.79. The Morgan fingerprint density at radius 3 is 1.09 bits per heavy atom. The Morgan fingerprint density at radius 2 is 0.848 bits per heavy atom. The molecule has 0 bridgehead atoms. The fourth-order valence-corrected chi connectivity index (χ4v) is 2.59. The zero-order valence-electron chi connectivity index (χ0n) is 16.4. The molecule has 4 aromatic heterocycles. The molecule has 0 fully saturated rings. The number of nitrogens with one attached hydrogen (secondary N) is 4. The Balaban J connectivity index is 0.000000132. The normalized spacial score (nSPS) is 14.8. The van der Waals surface area contributed by atoms with Crippen LogP contribution in [0.25, 0.3) is 22.6 Å². The molecule has 6 rings (SSSR count). The second-order valence-electron chi connectivity index (χ2n) is 6.17. The van der Waals surface area contributed by atoms with Crippen LogP contribution in [-0.2, 0) is 10.4 Å². The van der Waals surface area contributed by atoms with Crippen molar-refractivity contribution in [1.82, 2.24) is 40.6 Å². The fourth-order valence-electron chi connectivity index (χ4n) is 2.59. The third-order valence-corrected chi connectivity index (χ3v) is 3.88. The maximum atomic E-state index is 8.52. The van der Waals surface area contributed by atoms with E-state index in [1.165, 1.54) is 0 Å². The molecule has 33 heavy (non-hydrogen) atoms. The van der Waals surface area contributed by atoms with Crippen LogP contribution in [-0.4, -0.2) is 84.8 Å². The van der Waals surface area contributed by atoms with Gasteiger partial charge in [0.05, 0.1) is 0 Å². The first-order chi connectivity index (χ1) is 15.9. The van der Waals surface area contributed by atoms with Crippen molar-refractivity contribution in [2.75, 3.05) is 47.9 Å². The van der Waals surface area contributed by atoms with Gasteiger partial charge in [0.25, 0.3) is 0 Å². The number of anilines is 4.